The number of Topliss-reactive ketones (excluding diaryl/α,β-unsaturated/α-hetero) is 1. The van der Waals surface area contributed by atoms with E-state index >= 15 is 0 Å². The molecule has 0 saturated heterocycles. The lowest BCUT2D eigenvalue weighted by molar-refractivity contribution is -0.133. The first-order valence-corrected chi connectivity index (χ1v) is 5.52. The fourth-order valence-electron chi connectivity index (χ4n) is 1.07. The molecule has 0 saturated carbocycles. The minimum Gasteiger partial charge on any atom is -0.294 e. The molecule has 0 aromatic heterocycles. The van der Waals surface area contributed by atoms with Gasteiger partial charge >= 0.3 is 6.18 Å². The average Bonchev–Trinajstić information content (AvgIpc) is 2.17. The third kappa shape index (κ3) is 4.14. The highest BCUT2D eigenvalue weighted by molar-refractivity contribution is 9.10. The van der Waals surface area contributed by atoms with Crippen LogP contribution in [0.1, 0.15) is 23.2 Å². The summed E-state index contributed by atoms with van der Waals surface area (Å²) in [5.41, 5.74) is 0.223. The topological polar surface area (TPSA) is 17.1 Å². The van der Waals surface area contributed by atoms with Crippen molar-refractivity contribution in [2.24, 2.45) is 0 Å². The maximum Gasteiger partial charge on any atom is 0.389 e. The van der Waals surface area contributed by atoms with Crippen LogP contribution in [-0.4, -0.2) is 12.0 Å². The molecule has 0 aliphatic carbocycles. The molecule has 0 radical (unpaired) electrons. The van der Waals surface area contributed by atoms with Crippen molar-refractivity contribution in [1.29, 1.82) is 0 Å². The third-order valence-electron chi connectivity index (χ3n) is 1.88. The Bertz CT molecular complexity index is 404. The summed E-state index contributed by atoms with van der Waals surface area (Å²) in [7, 11) is 0. The van der Waals surface area contributed by atoms with Gasteiger partial charge in [-0.2, -0.15) is 13.2 Å². The second-order valence-corrected chi connectivity index (χ2v) is 4.43. The first-order valence-electron chi connectivity index (χ1n) is 4.34. The first-order chi connectivity index (χ1) is 7.29. The summed E-state index contributed by atoms with van der Waals surface area (Å²) in [6, 6.07) is 4.29. The quantitative estimate of drug-likeness (QED) is 0.743. The van der Waals surface area contributed by atoms with Gasteiger partial charge in [-0.15, -0.1) is 0 Å². The fraction of sp³-hybridized carbons (Fsp3) is 0.300. The minimum atomic E-state index is -4.31. The molecule has 0 atom stereocenters. The monoisotopic (exact) mass is 314 g/mol. The molecule has 0 N–H and O–H groups in total. The van der Waals surface area contributed by atoms with Gasteiger partial charge in [0.25, 0.3) is 0 Å². The van der Waals surface area contributed by atoms with Crippen LogP contribution >= 0.6 is 27.5 Å². The van der Waals surface area contributed by atoms with Crippen molar-refractivity contribution >= 4 is 33.3 Å². The highest BCUT2D eigenvalue weighted by Gasteiger charge is 2.28. The van der Waals surface area contributed by atoms with Crippen LogP contribution < -0.4 is 0 Å². The molecule has 1 rings (SSSR count). The van der Waals surface area contributed by atoms with Gasteiger partial charge in [0, 0.05) is 16.5 Å². The zero-order valence-electron chi connectivity index (χ0n) is 7.94. The maximum atomic E-state index is 11.9. The minimum absolute atomic E-state index is 0.223. The Kier molecular flexibility index (Phi) is 4.38. The zero-order valence-corrected chi connectivity index (χ0v) is 10.3. The van der Waals surface area contributed by atoms with Gasteiger partial charge in [0.15, 0.2) is 5.78 Å². The van der Waals surface area contributed by atoms with Crippen LogP contribution in [0.3, 0.4) is 0 Å². The molecular formula is C10H7BrClF3O. The third-order valence-corrected chi connectivity index (χ3v) is 3.09. The normalized spacial score (nSPS) is 11.6. The number of benzene rings is 1. The van der Waals surface area contributed by atoms with Crippen molar-refractivity contribution in [3.8, 4) is 0 Å². The molecule has 88 valence electrons. The Labute approximate surface area is 104 Å². The van der Waals surface area contributed by atoms with Crippen molar-refractivity contribution in [3.05, 3.63) is 33.3 Å². The Balaban J connectivity index is 2.70. The largest absolute Gasteiger partial charge is 0.389 e. The van der Waals surface area contributed by atoms with Crippen LogP contribution in [-0.2, 0) is 0 Å². The van der Waals surface area contributed by atoms with E-state index < -0.39 is 24.8 Å². The Morgan fingerprint density at radius 2 is 2.00 bits per heavy atom. The first kappa shape index (κ1) is 13.5. The number of halogens is 5. The predicted octanol–water partition coefficient (Wildman–Crippen LogP) is 4.63. The Morgan fingerprint density at radius 1 is 1.38 bits per heavy atom. The molecular weight excluding hydrogens is 308 g/mol. The second-order valence-electron chi connectivity index (χ2n) is 3.17. The standard InChI is InChI=1S/C10H7BrClF3O/c11-7-5-6(1-2-8(7)12)9(16)3-4-10(13,14)15/h1-2,5H,3-4H2. The van der Waals surface area contributed by atoms with Crippen molar-refractivity contribution < 1.29 is 18.0 Å². The van der Waals surface area contributed by atoms with Crippen LogP contribution in [0.5, 0.6) is 0 Å². The molecule has 6 heteroatoms. The second kappa shape index (κ2) is 5.19. The van der Waals surface area contributed by atoms with Gasteiger partial charge in [-0.25, -0.2) is 0 Å². The molecule has 0 unspecified atom stereocenters. The highest BCUT2D eigenvalue weighted by atomic mass is 79.9. The molecule has 16 heavy (non-hydrogen) atoms. The lowest BCUT2D eigenvalue weighted by Crippen LogP contribution is -2.10. The van der Waals surface area contributed by atoms with E-state index in [1.807, 2.05) is 0 Å². The van der Waals surface area contributed by atoms with E-state index in [-0.39, 0.29) is 5.56 Å². The molecule has 1 nitrogen and oxygen atoms in total. The van der Waals surface area contributed by atoms with E-state index in [4.69, 9.17) is 11.6 Å². The number of ketones is 1. The van der Waals surface area contributed by atoms with E-state index in [0.29, 0.717) is 9.50 Å². The summed E-state index contributed by atoms with van der Waals surface area (Å²) >= 11 is 8.80. The van der Waals surface area contributed by atoms with E-state index in [1.54, 1.807) is 0 Å². The van der Waals surface area contributed by atoms with Crippen LogP contribution in [0, 0.1) is 0 Å². The molecule has 0 amide bonds. The molecule has 0 fully saturated rings. The SMILES string of the molecule is O=C(CCC(F)(F)F)c1ccc(Cl)c(Br)c1. The van der Waals surface area contributed by atoms with Crippen LogP contribution in [0.2, 0.25) is 5.02 Å². The molecule has 0 spiro atoms. The van der Waals surface area contributed by atoms with Gasteiger partial charge < -0.3 is 0 Å². The fourth-order valence-corrected chi connectivity index (χ4v) is 1.57. The summed E-state index contributed by atoms with van der Waals surface area (Å²) < 4.78 is 36.2. The number of alkyl halides is 3. The van der Waals surface area contributed by atoms with E-state index in [0.717, 1.165) is 0 Å². The van der Waals surface area contributed by atoms with Gasteiger partial charge in [0.1, 0.15) is 0 Å². The number of rotatable bonds is 3. The van der Waals surface area contributed by atoms with E-state index in [2.05, 4.69) is 15.9 Å². The van der Waals surface area contributed by atoms with Gasteiger partial charge in [-0.3, -0.25) is 4.79 Å². The van der Waals surface area contributed by atoms with Gasteiger partial charge in [-0.1, -0.05) is 11.6 Å². The number of carbonyl (C=O) groups is 1. The van der Waals surface area contributed by atoms with Crippen LogP contribution in [0.15, 0.2) is 22.7 Å². The van der Waals surface area contributed by atoms with Crippen molar-refractivity contribution in [2.75, 3.05) is 0 Å². The van der Waals surface area contributed by atoms with Gasteiger partial charge in [-0.05, 0) is 34.1 Å². The van der Waals surface area contributed by atoms with Crippen LogP contribution in [0.25, 0.3) is 0 Å². The molecule has 0 aliphatic heterocycles. The maximum absolute atomic E-state index is 11.9. The summed E-state index contributed by atoms with van der Waals surface area (Å²) in [4.78, 5) is 11.4. The van der Waals surface area contributed by atoms with Crippen LogP contribution in [0.4, 0.5) is 13.2 Å². The summed E-state index contributed by atoms with van der Waals surface area (Å²) in [6.45, 7) is 0. The number of hydrogen-bond acceptors (Lipinski definition) is 1. The van der Waals surface area contributed by atoms with E-state index in [1.165, 1.54) is 18.2 Å². The molecule has 0 bridgehead atoms. The molecule has 1 aromatic carbocycles. The van der Waals surface area contributed by atoms with Crippen molar-refractivity contribution in [3.63, 3.8) is 0 Å². The van der Waals surface area contributed by atoms with Gasteiger partial charge in [0.2, 0.25) is 0 Å². The Hall–Kier alpha value is -0.550. The average molecular weight is 316 g/mol. The van der Waals surface area contributed by atoms with Gasteiger partial charge in [0.05, 0.1) is 11.4 Å². The smallest absolute Gasteiger partial charge is 0.294 e. The van der Waals surface area contributed by atoms with E-state index in [9.17, 15) is 18.0 Å². The summed E-state index contributed by atoms with van der Waals surface area (Å²) in [6.07, 6.45) is -5.96. The zero-order chi connectivity index (χ0) is 12.3. The lowest BCUT2D eigenvalue weighted by Gasteiger charge is -2.06. The van der Waals surface area contributed by atoms with Crippen molar-refractivity contribution in [2.45, 2.75) is 19.0 Å². The lowest BCUT2D eigenvalue weighted by atomic mass is 10.1. The molecule has 1 aromatic rings. The molecule has 0 heterocycles. The highest BCUT2D eigenvalue weighted by Crippen LogP contribution is 2.26. The summed E-state index contributed by atoms with van der Waals surface area (Å²) in [5, 5.41) is 0.410. The predicted molar refractivity (Wildman–Crippen MR) is 58.8 cm³/mol. The number of hydrogen-bond donors (Lipinski definition) is 0. The number of carbonyl (C=O) groups excluding carboxylic acids is 1. The Morgan fingerprint density at radius 3 is 2.50 bits per heavy atom. The summed E-state index contributed by atoms with van der Waals surface area (Å²) in [5.74, 6) is -0.547. The molecule has 0 aliphatic rings. The van der Waals surface area contributed by atoms with Crippen molar-refractivity contribution in [1.82, 2.24) is 0 Å².